The number of rotatable bonds is 4. The number of nitrogen functional groups attached to an aromatic ring is 1. The molecule has 4 heterocycles. The molecule has 3 aromatic heterocycles. The number of pyridine rings is 1. The molecule has 4 aromatic rings. The van der Waals surface area contributed by atoms with Crippen molar-refractivity contribution in [1.29, 1.82) is 0 Å². The number of nitrogens with one attached hydrogen (secondary N) is 2. The van der Waals surface area contributed by atoms with E-state index in [2.05, 4.69) is 25.6 Å². The zero-order chi connectivity index (χ0) is 25.0. The molecule has 1 amide bonds. The molecular weight excluding hydrogens is 473 g/mol. The summed E-state index contributed by atoms with van der Waals surface area (Å²) >= 11 is 0. The van der Waals surface area contributed by atoms with Crippen molar-refractivity contribution in [3.05, 3.63) is 60.2 Å². The molecule has 6 rings (SSSR count). The van der Waals surface area contributed by atoms with Crippen LogP contribution in [0.25, 0.3) is 22.3 Å². The first-order valence-corrected chi connectivity index (χ1v) is 11.4. The van der Waals surface area contributed by atoms with E-state index >= 15 is 0 Å². The molecule has 3 atom stereocenters. The Morgan fingerprint density at radius 3 is 2.69 bits per heavy atom. The fraction of sp³-hybridized carbons (Fsp3) is 0.292. The van der Waals surface area contributed by atoms with E-state index in [1.165, 1.54) is 6.33 Å². The van der Waals surface area contributed by atoms with Crippen LogP contribution >= 0.6 is 0 Å². The predicted octanol–water partition coefficient (Wildman–Crippen LogP) is 3.66. The van der Waals surface area contributed by atoms with Gasteiger partial charge in [0, 0.05) is 17.2 Å². The molecule has 4 N–H and O–H groups in total. The van der Waals surface area contributed by atoms with Crippen LogP contribution in [-0.4, -0.2) is 43.2 Å². The van der Waals surface area contributed by atoms with Crippen molar-refractivity contribution in [2.75, 3.05) is 17.6 Å². The Bertz CT molecular complexity index is 1470. The first-order chi connectivity index (χ1) is 17.3. The number of aromatic nitrogens is 5. The quantitative estimate of drug-likeness (QED) is 0.396. The average molecular weight is 494 g/mol. The topological polar surface area (TPSA) is 124 Å². The summed E-state index contributed by atoms with van der Waals surface area (Å²) < 4.78 is 40.2. The number of alkyl halides is 3. The van der Waals surface area contributed by atoms with Crippen molar-refractivity contribution < 1.29 is 18.0 Å². The second kappa shape index (κ2) is 8.26. The van der Waals surface area contributed by atoms with E-state index in [0.29, 0.717) is 45.6 Å². The Morgan fingerprint density at radius 2 is 2.00 bits per heavy atom. The fourth-order valence-corrected chi connectivity index (χ4v) is 5.17. The zero-order valence-corrected chi connectivity index (χ0v) is 18.8. The molecule has 36 heavy (non-hydrogen) atoms. The molecule has 2 aliphatic rings. The predicted molar refractivity (Wildman–Crippen MR) is 126 cm³/mol. The second-order valence-corrected chi connectivity index (χ2v) is 9.14. The third-order valence-electron chi connectivity index (χ3n) is 6.84. The summed E-state index contributed by atoms with van der Waals surface area (Å²) in [4.78, 5) is 24.9. The number of piperidine rings is 1. The second-order valence-electron chi connectivity index (χ2n) is 9.14. The van der Waals surface area contributed by atoms with E-state index in [1.807, 2.05) is 10.7 Å². The summed E-state index contributed by atoms with van der Waals surface area (Å²) in [6.45, 7) is 1.01. The van der Waals surface area contributed by atoms with Gasteiger partial charge in [-0.1, -0.05) is 12.1 Å². The van der Waals surface area contributed by atoms with Gasteiger partial charge in [-0.25, -0.2) is 19.6 Å². The van der Waals surface area contributed by atoms with Crippen LogP contribution in [-0.2, 0) is 6.18 Å². The van der Waals surface area contributed by atoms with Gasteiger partial charge in [-0.05, 0) is 49.6 Å². The van der Waals surface area contributed by atoms with E-state index in [9.17, 15) is 18.0 Å². The van der Waals surface area contributed by atoms with Crippen molar-refractivity contribution in [2.45, 2.75) is 31.1 Å². The van der Waals surface area contributed by atoms with Gasteiger partial charge in [0.1, 0.15) is 23.5 Å². The maximum Gasteiger partial charge on any atom is 0.433 e. The summed E-state index contributed by atoms with van der Waals surface area (Å²) in [5.41, 5.74) is 7.51. The van der Waals surface area contributed by atoms with Gasteiger partial charge >= 0.3 is 6.18 Å². The van der Waals surface area contributed by atoms with Crippen LogP contribution in [0.3, 0.4) is 0 Å². The molecule has 1 aliphatic carbocycles. The number of nitrogens with zero attached hydrogens (tertiary/aromatic N) is 5. The van der Waals surface area contributed by atoms with Gasteiger partial charge in [-0.2, -0.15) is 18.3 Å². The van der Waals surface area contributed by atoms with Crippen LogP contribution in [0.5, 0.6) is 0 Å². The standard InChI is InChI=1S/C24H21F3N8O/c25-24(26,27)18-5-4-15(10-30-18)33-23(36)14-3-1-2-13(8-14)20-19-21(28)31-11-32-22(19)35(34-20)17-7-12-6-16(17)29-9-12/h1-5,8,10-12,16-17,29H,6-7,9H2,(H,33,36)(H2,28,31,32). The van der Waals surface area contributed by atoms with Crippen molar-refractivity contribution >= 4 is 28.4 Å². The van der Waals surface area contributed by atoms with Crippen molar-refractivity contribution in [3.8, 4) is 11.3 Å². The lowest BCUT2D eigenvalue weighted by Crippen LogP contribution is -2.35. The average Bonchev–Trinajstić information content (AvgIpc) is 3.59. The third-order valence-corrected chi connectivity index (χ3v) is 6.84. The van der Waals surface area contributed by atoms with Crippen LogP contribution in [0, 0.1) is 5.92 Å². The summed E-state index contributed by atoms with van der Waals surface area (Å²) in [6, 6.07) is 9.23. The van der Waals surface area contributed by atoms with E-state index in [-0.39, 0.29) is 11.7 Å². The number of fused-ring (bicyclic) bond motifs is 3. The van der Waals surface area contributed by atoms with Gasteiger partial charge in [-0.3, -0.25) is 4.79 Å². The third kappa shape index (κ3) is 3.83. The molecule has 9 nitrogen and oxygen atoms in total. The Kier molecular flexibility index (Phi) is 5.14. The minimum Gasteiger partial charge on any atom is -0.383 e. The Labute approximate surface area is 202 Å². The maximum absolute atomic E-state index is 12.9. The molecule has 0 radical (unpaired) electrons. The van der Waals surface area contributed by atoms with Crippen molar-refractivity contribution in [3.63, 3.8) is 0 Å². The Hall–Kier alpha value is -4.06. The minimum absolute atomic E-state index is 0.146. The van der Waals surface area contributed by atoms with Gasteiger partial charge in [-0.15, -0.1) is 0 Å². The summed E-state index contributed by atoms with van der Waals surface area (Å²) in [6.07, 6.45) is -0.0656. The normalized spacial score (nSPS) is 21.2. The van der Waals surface area contributed by atoms with Gasteiger partial charge in [0.2, 0.25) is 0 Å². The molecule has 184 valence electrons. The number of hydrogen-bond acceptors (Lipinski definition) is 7. The van der Waals surface area contributed by atoms with Crippen molar-refractivity contribution in [1.82, 2.24) is 30.0 Å². The lowest BCUT2D eigenvalue weighted by molar-refractivity contribution is -0.141. The van der Waals surface area contributed by atoms with E-state index in [4.69, 9.17) is 10.8 Å². The van der Waals surface area contributed by atoms with Crippen LogP contribution in [0.15, 0.2) is 48.9 Å². The number of nitrogens with two attached hydrogens (primary N) is 1. The number of halogens is 3. The van der Waals surface area contributed by atoms with E-state index in [0.717, 1.165) is 37.7 Å². The maximum atomic E-state index is 12.9. The minimum atomic E-state index is -4.55. The highest BCUT2D eigenvalue weighted by atomic mass is 19.4. The number of benzene rings is 1. The summed E-state index contributed by atoms with van der Waals surface area (Å²) in [5, 5.41) is 11.6. The smallest absolute Gasteiger partial charge is 0.383 e. The Balaban J connectivity index is 1.33. The fourth-order valence-electron chi connectivity index (χ4n) is 5.17. The highest BCUT2D eigenvalue weighted by Gasteiger charge is 2.42. The number of carbonyl (C=O) groups is 1. The highest BCUT2D eigenvalue weighted by Crippen LogP contribution is 2.42. The Morgan fingerprint density at radius 1 is 1.14 bits per heavy atom. The largest absolute Gasteiger partial charge is 0.433 e. The van der Waals surface area contributed by atoms with Gasteiger partial charge < -0.3 is 16.4 Å². The molecule has 12 heteroatoms. The molecule has 1 saturated heterocycles. The molecule has 1 aromatic carbocycles. The molecular formula is C24H21F3N8O. The number of hydrogen-bond donors (Lipinski definition) is 3. The summed E-state index contributed by atoms with van der Waals surface area (Å²) in [5.74, 6) is 0.403. The molecule has 2 fully saturated rings. The van der Waals surface area contributed by atoms with Gasteiger partial charge in [0.15, 0.2) is 5.65 Å². The van der Waals surface area contributed by atoms with Crippen molar-refractivity contribution in [2.24, 2.45) is 5.92 Å². The zero-order valence-electron chi connectivity index (χ0n) is 18.8. The number of carbonyl (C=O) groups excluding carboxylic acids is 1. The van der Waals surface area contributed by atoms with Crippen LogP contribution in [0.4, 0.5) is 24.7 Å². The molecule has 3 unspecified atom stereocenters. The van der Waals surface area contributed by atoms with Gasteiger partial charge in [0.05, 0.1) is 23.3 Å². The highest BCUT2D eigenvalue weighted by molar-refractivity contribution is 6.06. The lowest BCUT2D eigenvalue weighted by atomic mass is 10.1. The van der Waals surface area contributed by atoms with Crippen LogP contribution in [0.2, 0.25) is 0 Å². The lowest BCUT2D eigenvalue weighted by Gasteiger charge is -2.23. The van der Waals surface area contributed by atoms with Crippen LogP contribution < -0.4 is 16.4 Å². The summed E-state index contributed by atoms with van der Waals surface area (Å²) in [7, 11) is 0. The van der Waals surface area contributed by atoms with Gasteiger partial charge in [0.25, 0.3) is 5.91 Å². The number of amides is 1. The SMILES string of the molecule is Nc1ncnc2c1c(-c1cccc(C(=O)Nc3ccc(C(F)(F)F)nc3)c1)nn2C1CC2CNC1C2. The monoisotopic (exact) mass is 494 g/mol. The molecule has 0 spiro atoms. The first-order valence-electron chi connectivity index (χ1n) is 11.4. The van der Waals surface area contributed by atoms with Crippen LogP contribution in [0.1, 0.15) is 34.9 Å². The first kappa shape index (κ1) is 22.4. The van der Waals surface area contributed by atoms with E-state index in [1.54, 1.807) is 18.2 Å². The molecule has 1 aliphatic heterocycles. The number of anilines is 2. The van der Waals surface area contributed by atoms with E-state index < -0.39 is 17.8 Å². The molecule has 2 bridgehead atoms. The molecule has 1 saturated carbocycles.